The number of likely N-dealkylation sites (tertiary alicyclic amines) is 1. The van der Waals surface area contributed by atoms with Gasteiger partial charge in [-0.2, -0.15) is 0 Å². The Kier molecular flexibility index (Phi) is 5.77. The molecule has 3 aromatic rings. The average molecular weight is 430 g/mol. The van der Waals surface area contributed by atoms with Crippen LogP contribution in [-0.2, 0) is 11.2 Å². The number of hydrogen-bond acceptors (Lipinski definition) is 5. The number of pyridine rings is 1. The molecule has 2 atom stereocenters. The molecule has 2 N–H and O–H groups in total. The van der Waals surface area contributed by atoms with Crippen LogP contribution in [0.5, 0.6) is 17.4 Å². The van der Waals surface area contributed by atoms with E-state index in [1.807, 2.05) is 42.5 Å². The summed E-state index contributed by atoms with van der Waals surface area (Å²) in [4.78, 5) is 18.6. The lowest BCUT2D eigenvalue weighted by atomic mass is 9.97. The van der Waals surface area contributed by atoms with Crippen LogP contribution in [0.1, 0.15) is 48.1 Å². The highest BCUT2D eigenvalue weighted by atomic mass is 16.5. The van der Waals surface area contributed by atoms with Crippen molar-refractivity contribution in [2.24, 2.45) is 5.73 Å². The molecule has 2 unspecified atom stereocenters. The van der Waals surface area contributed by atoms with Crippen LogP contribution in [0.15, 0.2) is 66.9 Å². The summed E-state index contributed by atoms with van der Waals surface area (Å²) in [5.41, 5.74) is 8.81. The van der Waals surface area contributed by atoms with Crippen molar-refractivity contribution in [1.82, 2.24) is 9.88 Å². The summed E-state index contributed by atoms with van der Waals surface area (Å²) in [6, 6.07) is 19.4. The lowest BCUT2D eigenvalue weighted by Gasteiger charge is -2.26. The van der Waals surface area contributed by atoms with E-state index in [9.17, 15) is 4.79 Å². The number of rotatable bonds is 6. The van der Waals surface area contributed by atoms with Gasteiger partial charge < -0.3 is 15.2 Å². The van der Waals surface area contributed by atoms with Crippen LogP contribution in [0, 0.1) is 0 Å². The normalized spacial score (nSPS) is 19.1. The maximum atomic E-state index is 12.0. The molecule has 0 aliphatic carbocycles. The summed E-state index contributed by atoms with van der Waals surface area (Å²) in [5.74, 6) is 1.76. The number of fused-ring (bicyclic) bond motifs is 1. The predicted octanol–water partition coefficient (Wildman–Crippen LogP) is 4.56. The third kappa shape index (κ3) is 4.32. The number of nitrogens with two attached hydrogens (primary N) is 1. The zero-order chi connectivity index (χ0) is 21.9. The monoisotopic (exact) mass is 429 g/mol. The van der Waals surface area contributed by atoms with E-state index in [0.717, 1.165) is 61.4 Å². The first-order chi connectivity index (χ1) is 15.7. The van der Waals surface area contributed by atoms with Gasteiger partial charge in [-0.05, 0) is 79.7 Å². The maximum absolute atomic E-state index is 12.0. The Labute approximate surface area is 188 Å². The summed E-state index contributed by atoms with van der Waals surface area (Å²) < 4.78 is 12.2. The molecule has 0 bridgehead atoms. The van der Waals surface area contributed by atoms with Crippen LogP contribution in [-0.4, -0.2) is 28.9 Å². The highest BCUT2D eigenvalue weighted by Crippen LogP contribution is 2.37. The van der Waals surface area contributed by atoms with Crippen LogP contribution in [0.4, 0.5) is 0 Å². The molecule has 1 aromatic heterocycles. The van der Waals surface area contributed by atoms with E-state index >= 15 is 0 Å². The number of carbonyl (C=O) groups is 1. The third-order valence-electron chi connectivity index (χ3n) is 6.22. The standard InChI is InChI=1S/C26H27N3O3/c27-26(30)25(29-14-4-5-15-29)20-9-13-24(28-17-20)31-21-10-12-23-19(16-21)8-11-22(32-23)18-6-2-1-3-7-18/h1-3,6-7,9-10,12-13,16-17,22,25H,4-5,8,11,14-15H2,(H2,27,30). The van der Waals surface area contributed by atoms with Gasteiger partial charge in [0.15, 0.2) is 0 Å². The first kappa shape index (κ1) is 20.5. The lowest BCUT2D eigenvalue weighted by Crippen LogP contribution is -2.36. The number of benzene rings is 2. The zero-order valence-corrected chi connectivity index (χ0v) is 17.9. The van der Waals surface area contributed by atoms with Crippen molar-refractivity contribution in [3.05, 3.63) is 83.6 Å². The highest BCUT2D eigenvalue weighted by molar-refractivity contribution is 5.81. The highest BCUT2D eigenvalue weighted by Gasteiger charge is 2.28. The van der Waals surface area contributed by atoms with Crippen molar-refractivity contribution in [2.45, 2.75) is 37.8 Å². The smallest absolute Gasteiger partial charge is 0.239 e. The zero-order valence-electron chi connectivity index (χ0n) is 17.9. The number of aromatic nitrogens is 1. The molecule has 6 heteroatoms. The summed E-state index contributed by atoms with van der Waals surface area (Å²) in [5, 5.41) is 0. The van der Waals surface area contributed by atoms with Gasteiger partial charge in [0, 0.05) is 12.3 Å². The average Bonchev–Trinajstić information content (AvgIpc) is 3.34. The van der Waals surface area contributed by atoms with Crippen LogP contribution in [0.25, 0.3) is 0 Å². The molecule has 0 saturated carbocycles. The lowest BCUT2D eigenvalue weighted by molar-refractivity contribution is -0.123. The van der Waals surface area contributed by atoms with E-state index in [1.165, 1.54) is 5.56 Å². The Morgan fingerprint density at radius 1 is 1.09 bits per heavy atom. The molecule has 0 radical (unpaired) electrons. The molecule has 1 amide bonds. The second-order valence-corrected chi connectivity index (χ2v) is 8.41. The Balaban J connectivity index is 1.27. The fourth-order valence-corrected chi connectivity index (χ4v) is 4.62. The van der Waals surface area contributed by atoms with Crippen molar-refractivity contribution >= 4 is 5.91 Å². The van der Waals surface area contributed by atoms with Gasteiger partial charge in [0.1, 0.15) is 23.6 Å². The van der Waals surface area contributed by atoms with Crippen molar-refractivity contribution in [1.29, 1.82) is 0 Å². The molecule has 2 aliphatic heterocycles. The van der Waals surface area contributed by atoms with Crippen LogP contribution < -0.4 is 15.2 Å². The second-order valence-electron chi connectivity index (χ2n) is 8.41. The molecule has 32 heavy (non-hydrogen) atoms. The Morgan fingerprint density at radius 3 is 2.62 bits per heavy atom. The van der Waals surface area contributed by atoms with Crippen molar-refractivity contribution in [3.63, 3.8) is 0 Å². The fourth-order valence-electron chi connectivity index (χ4n) is 4.62. The van der Waals surface area contributed by atoms with E-state index in [2.05, 4.69) is 22.0 Å². The maximum Gasteiger partial charge on any atom is 0.239 e. The first-order valence-electron chi connectivity index (χ1n) is 11.2. The molecule has 5 rings (SSSR count). The first-order valence-corrected chi connectivity index (χ1v) is 11.2. The van der Waals surface area contributed by atoms with Gasteiger partial charge in [0.25, 0.3) is 0 Å². The van der Waals surface area contributed by atoms with Gasteiger partial charge in [-0.1, -0.05) is 30.3 Å². The molecular formula is C26H27N3O3. The van der Waals surface area contributed by atoms with Crippen LogP contribution in [0.3, 0.4) is 0 Å². The minimum Gasteiger partial charge on any atom is -0.485 e. The van der Waals surface area contributed by atoms with E-state index in [4.69, 9.17) is 15.2 Å². The number of nitrogens with zero attached hydrogens (tertiary/aromatic N) is 2. The van der Waals surface area contributed by atoms with E-state index in [0.29, 0.717) is 5.88 Å². The van der Waals surface area contributed by atoms with E-state index in [-0.39, 0.29) is 12.0 Å². The number of ether oxygens (including phenoxy) is 2. The van der Waals surface area contributed by atoms with Crippen molar-refractivity contribution < 1.29 is 14.3 Å². The quantitative estimate of drug-likeness (QED) is 0.621. The number of amides is 1. The second kappa shape index (κ2) is 9.01. The summed E-state index contributed by atoms with van der Waals surface area (Å²) in [6.45, 7) is 1.77. The van der Waals surface area contributed by atoms with E-state index in [1.54, 1.807) is 12.3 Å². The van der Waals surface area contributed by atoms with Gasteiger partial charge in [0.2, 0.25) is 11.8 Å². The molecule has 1 fully saturated rings. The number of carbonyl (C=O) groups excluding carboxylic acids is 1. The van der Waals surface area contributed by atoms with Crippen molar-refractivity contribution in [3.8, 4) is 17.4 Å². The molecule has 2 aliphatic rings. The SMILES string of the molecule is NC(=O)C(c1ccc(Oc2ccc3c(c2)CCC(c2ccccc2)O3)nc1)N1CCCC1. The predicted molar refractivity (Wildman–Crippen MR) is 122 cm³/mol. The van der Waals surface area contributed by atoms with Crippen LogP contribution in [0.2, 0.25) is 0 Å². The molecule has 2 aromatic carbocycles. The molecule has 1 saturated heterocycles. The number of hydrogen-bond donors (Lipinski definition) is 1. The molecule has 164 valence electrons. The summed E-state index contributed by atoms with van der Waals surface area (Å²) in [7, 11) is 0. The topological polar surface area (TPSA) is 77.7 Å². The van der Waals surface area contributed by atoms with Crippen LogP contribution >= 0.6 is 0 Å². The molecule has 0 spiro atoms. The minimum atomic E-state index is -0.433. The Bertz CT molecular complexity index is 1080. The molecule has 6 nitrogen and oxygen atoms in total. The van der Waals surface area contributed by atoms with Crippen molar-refractivity contribution in [2.75, 3.05) is 13.1 Å². The summed E-state index contributed by atoms with van der Waals surface area (Å²) in [6.07, 6.45) is 5.81. The molecular weight excluding hydrogens is 402 g/mol. The van der Waals surface area contributed by atoms with Gasteiger partial charge in [-0.25, -0.2) is 4.98 Å². The van der Waals surface area contributed by atoms with Gasteiger partial charge in [-0.15, -0.1) is 0 Å². The van der Waals surface area contributed by atoms with Gasteiger partial charge in [0.05, 0.1) is 0 Å². The minimum absolute atomic E-state index is 0.0819. The Morgan fingerprint density at radius 2 is 1.91 bits per heavy atom. The summed E-state index contributed by atoms with van der Waals surface area (Å²) >= 11 is 0. The largest absolute Gasteiger partial charge is 0.485 e. The third-order valence-corrected chi connectivity index (χ3v) is 6.22. The number of aryl methyl sites for hydroxylation is 1. The Hall–Kier alpha value is -3.38. The molecule has 3 heterocycles. The number of primary amides is 1. The van der Waals surface area contributed by atoms with Gasteiger partial charge in [-0.3, -0.25) is 9.69 Å². The fraction of sp³-hybridized carbons (Fsp3) is 0.308. The van der Waals surface area contributed by atoms with E-state index < -0.39 is 6.04 Å². The van der Waals surface area contributed by atoms with Gasteiger partial charge >= 0.3 is 0 Å².